The molecule has 0 aromatic carbocycles. The van der Waals surface area contributed by atoms with E-state index in [2.05, 4.69) is 20.8 Å². The molecule has 0 saturated heterocycles. The summed E-state index contributed by atoms with van der Waals surface area (Å²) in [4.78, 5) is 0. The maximum absolute atomic E-state index is 6.07. The lowest BCUT2D eigenvalue weighted by atomic mass is 9.62. The van der Waals surface area contributed by atoms with Crippen LogP contribution < -0.4 is 0 Å². The zero-order valence-corrected chi connectivity index (χ0v) is 19.5. The summed E-state index contributed by atoms with van der Waals surface area (Å²) in [7, 11) is 3.51. The fraction of sp³-hybridized carbons (Fsp3) is 1.00. The molecule has 0 bridgehead atoms. The van der Waals surface area contributed by atoms with Gasteiger partial charge in [-0.25, -0.2) is 0 Å². The zero-order valence-electron chi connectivity index (χ0n) is 19.5. The van der Waals surface area contributed by atoms with Crippen molar-refractivity contribution in [1.82, 2.24) is 0 Å². The van der Waals surface area contributed by atoms with Gasteiger partial charge >= 0.3 is 0 Å². The largest absolute Gasteiger partial charge is 0.385 e. The summed E-state index contributed by atoms with van der Waals surface area (Å²) in [5.74, 6) is 1.62. The topological polar surface area (TPSA) is 36.9 Å². The van der Waals surface area contributed by atoms with Gasteiger partial charge in [-0.2, -0.15) is 0 Å². The quantitative estimate of drug-likeness (QED) is 0.286. The molecule has 0 aromatic rings. The van der Waals surface area contributed by atoms with Crippen LogP contribution >= 0.6 is 0 Å². The van der Waals surface area contributed by atoms with Crippen LogP contribution in [-0.2, 0) is 18.9 Å². The fourth-order valence-electron chi connectivity index (χ4n) is 4.84. The van der Waals surface area contributed by atoms with Crippen LogP contribution in [0.3, 0.4) is 0 Å². The van der Waals surface area contributed by atoms with Crippen LogP contribution in [0.5, 0.6) is 0 Å². The molecule has 1 fully saturated rings. The third-order valence-electron chi connectivity index (χ3n) is 6.74. The van der Waals surface area contributed by atoms with Gasteiger partial charge in [0.15, 0.2) is 0 Å². The van der Waals surface area contributed by atoms with Crippen molar-refractivity contribution in [3.8, 4) is 0 Å². The first-order valence-electron chi connectivity index (χ1n) is 11.7. The van der Waals surface area contributed by atoms with Crippen molar-refractivity contribution in [2.45, 2.75) is 91.1 Å². The third kappa shape index (κ3) is 10.0. The van der Waals surface area contributed by atoms with Crippen molar-refractivity contribution in [2.24, 2.45) is 17.3 Å². The minimum absolute atomic E-state index is 0.410. The molecular weight excluding hydrogens is 352 g/mol. The molecule has 1 aliphatic carbocycles. The Hall–Kier alpha value is -0.160. The zero-order chi connectivity index (χ0) is 20.7. The first kappa shape index (κ1) is 25.9. The summed E-state index contributed by atoms with van der Waals surface area (Å²) >= 11 is 0. The highest BCUT2D eigenvalue weighted by atomic mass is 16.5. The van der Waals surface area contributed by atoms with E-state index < -0.39 is 0 Å². The van der Waals surface area contributed by atoms with Crippen molar-refractivity contribution < 1.29 is 18.9 Å². The van der Waals surface area contributed by atoms with E-state index in [0.29, 0.717) is 11.5 Å². The first-order chi connectivity index (χ1) is 13.6. The Morgan fingerprint density at radius 1 is 0.786 bits per heavy atom. The third-order valence-corrected chi connectivity index (χ3v) is 6.74. The molecule has 0 N–H and O–H groups in total. The molecule has 28 heavy (non-hydrogen) atoms. The number of hydrogen-bond acceptors (Lipinski definition) is 4. The highest BCUT2D eigenvalue weighted by Crippen LogP contribution is 2.47. The molecule has 0 radical (unpaired) electrons. The molecular formula is C24H48O4. The SMILES string of the molecule is CCCC(CCCOCCCOC)C(C)(C)C1CCC(OCCCOC)CC1. The molecule has 0 amide bonds. The molecule has 0 aromatic heterocycles. The van der Waals surface area contributed by atoms with Crippen LogP contribution in [0.15, 0.2) is 0 Å². The molecule has 0 aliphatic heterocycles. The van der Waals surface area contributed by atoms with E-state index >= 15 is 0 Å². The lowest BCUT2D eigenvalue weighted by Crippen LogP contribution is -2.37. The van der Waals surface area contributed by atoms with Crippen LogP contribution in [0, 0.1) is 17.3 Å². The van der Waals surface area contributed by atoms with E-state index in [4.69, 9.17) is 18.9 Å². The summed E-state index contributed by atoms with van der Waals surface area (Å²) in [6.07, 6.45) is 12.6. The number of methoxy groups -OCH3 is 2. The predicted octanol–water partition coefficient (Wildman–Crippen LogP) is 5.87. The van der Waals surface area contributed by atoms with Crippen molar-refractivity contribution in [1.29, 1.82) is 0 Å². The van der Waals surface area contributed by atoms with E-state index in [1.165, 1.54) is 51.4 Å². The molecule has 1 saturated carbocycles. The second-order valence-electron chi connectivity index (χ2n) is 9.10. The van der Waals surface area contributed by atoms with Crippen LogP contribution in [0.2, 0.25) is 0 Å². The van der Waals surface area contributed by atoms with Crippen molar-refractivity contribution >= 4 is 0 Å². The van der Waals surface area contributed by atoms with Crippen LogP contribution in [0.25, 0.3) is 0 Å². The van der Waals surface area contributed by atoms with Gasteiger partial charge in [0.05, 0.1) is 6.10 Å². The molecule has 0 spiro atoms. The first-order valence-corrected chi connectivity index (χ1v) is 11.7. The van der Waals surface area contributed by atoms with E-state index in [1.807, 2.05) is 0 Å². The molecule has 1 unspecified atom stereocenters. The van der Waals surface area contributed by atoms with E-state index in [-0.39, 0.29) is 0 Å². The van der Waals surface area contributed by atoms with E-state index in [0.717, 1.165) is 57.7 Å². The summed E-state index contributed by atoms with van der Waals surface area (Å²) in [5.41, 5.74) is 0.410. The average molecular weight is 401 g/mol. The van der Waals surface area contributed by atoms with Gasteiger partial charge in [0, 0.05) is 47.3 Å². The maximum Gasteiger partial charge on any atom is 0.0575 e. The Balaban J connectivity index is 2.35. The minimum atomic E-state index is 0.410. The second kappa shape index (κ2) is 15.6. The molecule has 1 atom stereocenters. The van der Waals surface area contributed by atoms with Gasteiger partial charge in [0.1, 0.15) is 0 Å². The molecule has 4 heteroatoms. The van der Waals surface area contributed by atoms with Crippen molar-refractivity contribution in [3.63, 3.8) is 0 Å². The molecule has 1 aliphatic rings. The standard InChI is InChI=1S/C24H48O4/c1-6-10-21(11-7-18-27-19-8-16-25-4)24(2,3)22-12-14-23(15-13-22)28-20-9-17-26-5/h21-23H,6-20H2,1-5H3. The highest BCUT2D eigenvalue weighted by molar-refractivity contribution is 4.88. The monoisotopic (exact) mass is 400 g/mol. The second-order valence-corrected chi connectivity index (χ2v) is 9.10. The van der Waals surface area contributed by atoms with Gasteiger partial charge in [-0.05, 0) is 68.6 Å². The molecule has 1 rings (SSSR count). The Morgan fingerprint density at radius 2 is 1.39 bits per heavy atom. The fourth-order valence-corrected chi connectivity index (χ4v) is 4.84. The summed E-state index contributed by atoms with van der Waals surface area (Å²) in [6.45, 7) is 11.5. The van der Waals surface area contributed by atoms with Gasteiger partial charge in [0.25, 0.3) is 0 Å². The highest BCUT2D eigenvalue weighted by Gasteiger charge is 2.38. The Kier molecular flexibility index (Phi) is 14.5. The normalized spacial score (nSPS) is 21.8. The van der Waals surface area contributed by atoms with Crippen molar-refractivity contribution in [3.05, 3.63) is 0 Å². The van der Waals surface area contributed by atoms with Gasteiger partial charge < -0.3 is 18.9 Å². The van der Waals surface area contributed by atoms with E-state index in [9.17, 15) is 0 Å². The number of ether oxygens (including phenoxy) is 4. The van der Waals surface area contributed by atoms with Gasteiger partial charge in [0.2, 0.25) is 0 Å². The lowest BCUT2D eigenvalue weighted by Gasteiger charge is -2.44. The van der Waals surface area contributed by atoms with Crippen LogP contribution in [-0.4, -0.2) is 53.4 Å². The van der Waals surface area contributed by atoms with Crippen LogP contribution in [0.1, 0.15) is 85.0 Å². The van der Waals surface area contributed by atoms with Crippen LogP contribution in [0.4, 0.5) is 0 Å². The van der Waals surface area contributed by atoms with Gasteiger partial charge in [-0.15, -0.1) is 0 Å². The Labute approximate surface area is 175 Å². The van der Waals surface area contributed by atoms with Crippen molar-refractivity contribution in [2.75, 3.05) is 47.3 Å². The summed E-state index contributed by atoms with van der Waals surface area (Å²) < 4.78 is 22.0. The minimum Gasteiger partial charge on any atom is -0.385 e. The summed E-state index contributed by atoms with van der Waals surface area (Å²) in [6, 6.07) is 0. The lowest BCUT2D eigenvalue weighted by molar-refractivity contribution is -0.0191. The number of hydrogen-bond donors (Lipinski definition) is 0. The predicted molar refractivity (Wildman–Crippen MR) is 117 cm³/mol. The van der Waals surface area contributed by atoms with Gasteiger partial charge in [-0.1, -0.05) is 33.6 Å². The Bertz CT molecular complexity index is 351. The Morgan fingerprint density at radius 3 is 2.00 bits per heavy atom. The smallest absolute Gasteiger partial charge is 0.0575 e. The molecule has 4 nitrogen and oxygen atoms in total. The summed E-state index contributed by atoms with van der Waals surface area (Å²) in [5, 5.41) is 0. The van der Waals surface area contributed by atoms with E-state index in [1.54, 1.807) is 14.2 Å². The average Bonchev–Trinajstić information content (AvgIpc) is 2.70. The number of rotatable bonds is 17. The van der Waals surface area contributed by atoms with Gasteiger partial charge in [-0.3, -0.25) is 0 Å². The molecule has 168 valence electrons. The maximum atomic E-state index is 6.07. The molecule has 0 heterocycles.